The summed E-state index contributed by atoms with van der Waals surface area (Å²) in [7, 11) is -2.15. The molecule has 1 aromatic carbocycles. The van der Waals surface area contributed by atoms with E-state index in [1.54, 1.807) is 13.2 Å². The molecule has 1 aliphatic rings. The predicted octanol–water partition coefficient (Wildman–Crippen LogP) is 0.241. The van der Waals surface area contributed by atoms with Gasteiger partial charge >= 0.3 is 0 Å². The summed E-state index contributed by atoms with van der Waals surface area (Å²) in [4.78, 5) is 11.9. The van der Waals surface area contributed by atoms with Gasteiger partial charge in [-0.25, -0.2) is 13.6 Å². The van der Waals surface area contributed by atoms with Crippen LogP contribution >= 0.6 is 0 Å². The summed E-state index contributed by atoms with van der Waals surface area (Å²) in [6, 6.07) is 5.76. The molecule has 1 fully saturated rings. The minimum Gasteiger partial charge on any atom is -0.381 e. The summed E-state index contributed by atoms with van der Waals surface area (Å²) in [6.07, 6.45) is 1.75. The number of benzene rings is 1. The predicted molar refractivity (Wildman–Crippen MR) is 69.1 cm³/mol. The van der Waals surface area contributed by atoms with E-state index >= 15 is 0 Å². The third kappa shape index (κ3) is 3.31. The lowest BCUT2D eigenvalue weighted by atomic mass is 9.89. The Balaban J connectivity index is 2.04. The highest BCUT2D eigenvalue weighted by atomic mass is 32.2. The minimum atomic E-state index is -3.79. The SMILES string of the molecule is COC1CC(NC(=O)c2cccc(S(N)(=O)=O)c2)C1. The summed E-state index contributed by atoms with van der Waals surface area (Å²) in [5.41, 5.74) is 0.285. The molecule has 1 saturated carbocycles. The van der Waals surface area contributed by atoms with E-state index in [2.05, 4.69) is 5.32 Å². The number of nitrogens with one attached hydrogen (secondary N) is 1. The fourth-order valence-corrected chi connectivity index (χ4v) is 2.52. The molecule has 1 aliphatic carbocycles. The lowest BCUT2D eigenvalue weighted by Gasteiger charge is -2.34. The van der Waals surface area contributed by atoms with Crippen molar-refractivity contribution < 1.29 is 17.9 Å². The largest absolute Gasteiger partial charge is 0.381 e. The van der Waals surface area contributed by atoms with E-state index in [4.69, 9.17) is 9.88 Å². The molecule has 1 aromatic rings. The summed E-state index contributed by atoms with van der Waals surface area (Å²) < 4.78 is 27.5. The molecule has 104 valence electrons. The standard InChI is InChI=1S/C12H16N2O4S/c1-18-10-6-9(7-10)14-12(15)8-3-2-4-11(5-8)19(13,16)17/h2-5,9-10H,6-7H2,1H3,(H,14,15)(H2,13,16,17). The first-order valence-corrected chi connectivity index (χ1v) is 7.41. The van der Waals surface area contributed by atoms with Gasteiger partial charge in [0.25, 0.3) is 5.91 Å². The molecule has 3 N–H and O–H groups in total. The summed E-state index contributed by atoms with van der Waals surface area (Å²) in [5.74, 6) is -0.301. The first kappa shape index (κ1) is 14.0. The summed E-state index contributed by atoms with van der Waals surface area (Å²) >= 11 is 0. The van der Waals surface area contributed by atoms with E-state index in [9.17, 15) is 13.2 Å². The van der Waals surface area contributed by atoms with Crippen LogP contribution in [0.2, 0.25) is 0 Å². The Morgan fingerprint density at radius 2 is 2.11 bits per heavy atom. The van der Waals surface area contributed by atoms with Gasteiger partial charge in [-0.1, -0.05) is 6.07 Å². The molecule has 2 rings (SSSR count). The molecule has 7 heteroatoms. The number of carbonyl (C=O) groups is 1. The maximum absolute atomic E-state index is 11.9. The number of carbonyl (C=O) groups excluding carboxylic acids is 1. The minimum absolute atomic E-state index is 0.0662. The highest BCUT2D eigenvalue weighted by molar-refractivity contribution is 7.89. The molecule has 0 aliphatic heterocycles. The lowest BCUT2D eigenvalue weighted by Crippen LogP contribution is -2.47. The zero-order valence-electron chi connectivity index (χ0n) is 10.5. The maximum atomic E-state index is 11.9. The number of methoxy groups -OCH3 is 1. The van der Waals surface area contributed by atoms with Gasteiger partial charge < -0.3 is 10.1 Å². The van der Waals surface area contributed by atoms with Crippen molar-refractivity contribution in [3.8, 4) is 0 Å². The van der Waals surface area contributed by atoms with Crippen molar-refractivity contribution in [2.75, 3.05) is 7.11 Å². The molecule has 0 radical (unpaired) electrons. The third-order valence-electron chi connectivity index (χ3n) is 3.19. The van der Waals surface area contributed by atoms with Gasteiger partial charge in [-0.2, -0.15) is 0 Å². The van der Waals surface area contributed by atoms with Crippen molar-refractivity contribution in [3.63, 3.8) is 0 Å². The van der Waals surface area contributed by atoms with Gasteiger partial charge in [0.15, 0.2) is 0 Å². The third-order valence-corrected chi connectivity index (χ3v) is 4.10. The Morgan fingerprint density at radius 3 is 2.68 bits per heavy atom. The number of hydrogen-bond acceptors (Lipinski definition) is 4. The second-order valence-corrected chi connectivity index (χ2v) is 6.13. The maximum Gasteiger partial charge on any atom is 0.251 e. The van der Waals surface area contributed by atoms with Crippen LogP contribution in [0.3, 0.4) is 0 Å². The van der Waals surface area contributed by atoms with Gasteiger partial charge in [-0.15, -0.1) is 0 Å². The number of ether oxygens (including phenoxy) is 1. The average molecular weight is 284 g/mol. The van der Waals surface area contributed by atoms with Crippen molar-refractivity contribution in [3.05, 3.63) is 29.8 Å². The molecule has 0 bridgehead atoms. The van der Waals surface area contributed by atoms with E-state index in [0.29, 0.717) is 0 Å². The molecule has 0 spiro atoms. The van der Waals surface area contributed by atoms with Gasteiger partial charge in [-0.3, -0.25) is 4.79 Å². The van der Waals surface area contributed by atoms with Gasteiger partial charge in [0.2, 0.25) is 10.0 Å². The topological polar surface area (TPSA) is 98.5 Å². The molecule has 0 unspecified atom stereocenters. The van der Waals surface area contributed by atoms with E-state index in [1.807, 2.05) is 0 Å². The van der Waals surface area contributed by atoms with Crippen molar-refractivity contribution in [1.29, 1.82) is 0 Å². The van der Waals surface area contributed by atoms with Crippen molar-refractivity contribution in [2.24, 2.45) is 5.14 Å². The number of amides is 1. The molecule has 0 aromatic heterocycles. The van der Waals surface area contributed by atoms with Crippen LogP contribution in [-0.2, 0) is 14.8 Å². The van der Waals surface area contributed by atoms with Gasteiger partial charge in [-0.05, 0) is 31.0 Å². The quantitative estimate of drug-likeness (QED) is 0.827. The Morgan fingerprint density at radius 1 is 1.42 bits per heavy atom. The molecule has 1 amide bonds. The van der Waals surface area contributed by atoms with E-state index < -0.39 is 10.0 Å². The zero-order valence-corrected chi connectivity index (χ0v) is 11.3. The molecule has 0 atom stereocenters. The molecule has 6 nitrogen and oxygen atoms in total. The van der Waals surface area contributed by atoms with E-state index in [-0.39, 0.29) is 28.5 Å². The first-order valence-electron chi connectivity index (χ1n) is 5.86. The van der Waals surface area contributed by atoms with Gasteiger partial charge in [0, 0.05) is 18.7 Å². The van der Waals surface area contributed by atoms with Crippen LogP contribution in [-0.4, -0.2) is 33.6 Å². The van der Waals surface area contributed by atoms with Crippen LogP contribution in [0, 0.1) is 0 Å². The molecular weight excluding hydrogens is 268 g/mol. The summed E-state index contributed by atoms with van der Waals surface area (Å²) in [6.45, 7) is 0. The van der Waals surface area contributed by atoms with Crippen LogP contribution in [0.1, 0.15) is 23.2 Å². The Bertz CT molecular complexity index is 579. The van der Waals surface area contributed by atoms with Crippen molar-refractivity contribution in [2.45, 2.75) is 29.9 Å². The van der Waals surface area contributed by atoms with Gasteiger partial charge in [0.1, 0.15) is 0 Å². The Hall–Kier alpha value is -1.44. The summed E-state index contributed by atoms with van der Waals surface area (Å²) in [5, 5.41) is 7.85. The average Bonchev–Trinajstić information content (AvgIpc) is 2.32. The Labute approximate surface area is 112 Å². The van der Waals surface area contributed by atoms with E-state index in [0.717, 1.165) is 12.8 Å². The van der Waals surface area contributed by atoms with Crippen LogP contribution in [0.4, 0.5) is 0 Å². The molecule has 0 heterocycles. The highest BCUT2D eigenvalue weighted by Crippen LogP contribution is 2.23. The number of sulfonamides is 1. The molecule has 19 heavy (non-hydrogen) atoms. The van der Waals surface area contributed by atoms with Gasteiger partial charge in [0.05, 0.1) is 11.0 Å². The smallest absolute Gasteiger partial charge is 0.251 e. The second kappa shape index (κ2) is 5.28. The number of rotatable bonds is 4. The fourth-order valence-electron chi connectivity index (χ4n) is 1.96. The van der Waals surface area contributed by atoms with Crippen LogP contribution in [0.25, 0.3) is 0 Å². The number of hydrogen-bond donors (Lipinski definition) is 2. The fraction of sp³-hybridized carbons (Fsp3) is 0.417. The molecule has 0 saturated heterocycles. The second-order valence-electron chi connectivity index (χ2n) is 4.57. The lowest BCUT2D eigenvalue weighted by molar-refractivity contribution is 0.0176. The Kier molecular flexibility index (Phi) is 3.88. The van der Waals surface area contributed by atoms with Crippen LogP contribution < -0.4 is 10.5 Å². The van der Waals surface area contributed by atoms with Crippen molar-refractivity contribution >= 4 is 15.9 Å². The van der Waals surface area contributed by atoms with Crippen LogP contribution in [0.5, 0.6) is 0 Å². The first-order chi connectivity index (χ1) is 8.90. The number of primary sulfonamides is 1. The normalized spacial score (nSPS) is 22.6. The monoisotopic (exact) mass is 284 g/mol. The number of nitrogens with two attached hydrogens (primary N) is 1. The molecular formula is C12H16N2O4S. The highest BCUT2D eigenvalue weighted by Gasteiger charge is 2.30. The van der Waals surface area contributed by atoms with Crippen molar-refractivity contribution in [1.82, 2.24) is 5.32 Å². The van der Waals surface area contributed by atoms with Crippen LogP contribution in [0.15, 0.2) is 29.2 Å². The zero-order chi connectivity index (χ0) is 14.0. The van der Waals surface area contributed by atoms with E-state index in [1.165, 1.54) is 18.2 Å².